The van der Waals surface area contributed by atoms with Crippen LogP contribution in [0.25, 0.3) is 22.5 Å². The third-order valence-corrected chi connectivity index (χ3v) is 4.96. The molecule has 3 aromatic carbocycles. The zero-order chi connectivity index (χ0) is 22.5. The van der Waals surface area contributed by atoms with E-state index in [2.05, 4.69) is 4.98 Å². The third-order valence-electron chi connectivity index (χ3n) is 4.96. The summed E-state index contributed by atoms with van der Waals surface area (Å²) >= 11 is 0. The van der Waals surface area contributed by atoms with Gasteiger partial charge in [-0.15, -0.1) is 0 Å². The number of hydrogen-bond acceptors (Lipinski definition) is 5. The second-order valence-electron chi connectivity index (χ2n) is 6.91. The average Bonchev–Trinajstić information content (AvgIpc) is 3.25. The zero-order valence-electron chi connectivity index (χ0n) is 17.6. The van der Waals surface area contributed by atoms with E-state index in [9.17, 15) is 9.59 Å². The molecule has 32 heavy (non-hydrogen) atoms. The van der Waals surface area contributed by atoms with Gasteiger partial charge in [0.25, 0.3) is 0 Å². The van der Waals surface area contributed by atoms with Crippen molar-refractivity contribution in [2.75, 3.05) is 14.2 Å². The number of benzene rings is 3. The van der Waals surface area contributed by atoms with Gasteiger partial charge in [-0.05, 0) is 47.5 Å². The van der Waals surface area contributed by atoms with Crippen LogP contribution in [0.15, 0.2) is 84.9 Å². The van der Waals surface area contributed by atoms with Crippen molar-refractivity contribution in [2.24, 2.45) is 0 Å². The lowest BCUT2D eigenvalue weighted by Gasteiger charge is -2.08. The SMILES string of the molecule is COC(=O)c1c(-c2ccccc2)[nH]c(-c2ccc(Oc3ccccc3)cc2)c1C(=O)OC. The number of H-pyrrole nitrogens is 1. The van der Waals surface area contributed by atoms with E-state index < -0.39 is 11.9 Å². The highest BCUT2D eigenvalue weighted by Gasteiger charge is 2.30. The van der Waals surface area contributed by atoms with Crippen LogP contribution < -0.4 is 4.74 Å². The maximum Gasteiger partial charge on any atom is 0.340 e. The number of methoxy groups -OCH3 is 2. The first-order chi connectivity index (χ1) is 15.6. The Morgan fingerprint density at radius 2 is 1.03 bits per heavy atom. The van der Waals surface area contributed by atoms with Crippen molar-refractivity contribution >= 4 is 11.9 Å². The molecule has 160 valence electrons. The van der Waals surface area contributed by atoms with Gasteiger partial charge in [0.1, 0.15) is 22.6 Å². The number of para-hydroxylation sites is 1. The topological polar surface area (TPSA) is 77.6 Å². The molecule has 4 aromatic rings. The molecule has 1 N–H and O–H groups in total. The van der Waals surface area contributed by atoms with Gasteiger partial charge in [0, 0.05) is 0 Å². The Morgan fingerprint density at radius 3 is 1.53 bits per heavy atom. The van der Waals surface area contributed by atoms with Gasteiger partial charge >= 0.3 is 11.9 Å². The molecule has 0 unspecified atom stereocenters. The fourth-order valence-corrected chi connectivity index (χ4v) is 3.46. The van der Waals surface area contributed by atoms with E-state index in [0.717, 1.165) is 11.3 Å². The largest absolute Gasteiger partial charge is 0.465 e. The number of carbonyl (C=O) groups excluding carboxylic acids is 2. The van der Waals surface area contributed by atoms with Crippen LogP contribution in [-0.2, 0) is 9.47 Å². The predicted molar refractivity (Wildman–Crippen MR) is 121 cm³/mol. The molecule has 0 aliphatic heterocycles. The number of ether oxygens (including phenoxy) is 3. The van der Waals surface area contributed by atoms with Crippen molar-refractivity contribution in [2.45, 2.75) is 0 Å². The van der Waals surface area contributed by atoms with Gasteiger partial charge in [-0.1, -0.05) is 48.5 Å². The molecular formula is C26H21NO5. The minimum atomic E-state index is -0.636. The standard InChI is InChI=1S/C26H21NO5/c1-30-25(28)21-22(26(29)31-2)24(27-23(21)17-9-5-3-6-10-17)18-13-15-20(16-14-18)32-19-11-7-4-8-12-19/h3-16,27H,1-2H3. The molecule has 0 aliphatic rings. The fraction of sp³-hybridized carbons (Fsp3) is 0.0769. The zero-order valence-corrected chi connectivity index (χ0v) is 17.6. The molecule has 0 aliphatic carbocycles. The molecule has 0 atom stereocenters. The molecule has 0 saturated heterocycles. The van der Waals surface area contributed by atoms with Gasteiger partial charge in [-0.2, -0.15) is 0 Å². The van der Waals surface area contributed by atoms with Crippen LogP contribution in [0.4, 0.5) is 0 Å². The van der Waals surface area contributed by atoms with E-state index in [1.54, 1.807) is 12.1 Å². The highest BCUT2D eigenvalue weighted by Crippen LogP contribution is 2.36. The molecule has 1 heterocycles. The van der Waals surface area contributed by atoms with E-state index >= 15 is 0 Å². The van der Waals surface area contributed by atoms with Crippen LogP contribution in [0.1, 0.15) is 20.7 Å². The number of nitrogens with one attached hydrogen (secondary N) is 1. The van der Waals surface area contributed by atoms with Gasteiger partial charge in [-0.25, -0.2) is 9.59 Å². The Labute approximate surface area is 185 Å². The van der Waals surface area contributed by atoms with Crippen molar-refractivity contribution in [3.8, 4) is 34.0 Å². The van der Waals surface area contributed by atoms with Crippen LogP contribution in [0.2, 0.25) is 0 Å². The molecule has 0 bridgehead atoms. The van der Waals surface area contributed by atoms with Crippen molar-refractivity contribution in [3.05, 3.63) is 96.1 Å². The highest BCUT2D eigenvalue weighted by atomic mass is 16.5. The lowest BCUT2D eigenvalue weighted by molar-refractivity contribution is 0.0558. The van der Waals surface area contributed by atoms with E-state index in [4.69, 9.17) is 14.2 Å². The summed E-state index contributed by atoms with van der Waals surface area (Å²) in [5, 5.41) is 0. The summed E-state index contributed by atoms with van der Waals surface area (Å²) in [6.07, 6.45) is 0. The van der Waals surface area contributed by atoms with Crippen LogP contribution in [0.3, 0.4) is 0 Å². The number of aromatic nitrogens is 1. The quantitative estimate of drug-likeness (QED) is 0.399. The molecule has 0 saturated carbocycles. The van der Waals surface area contributed by atoms with Crippen LogP contribution in [-0.4, -0.2) is 31.1 Å². The highest BCUT2D eigenvalue weighted by molar-refractivity contribution is 6.11. The molecule has 1 aromatic heterocycles. The summed E-state index contributed by atoms with van der Waals surface area (Å²) in [6, 6.07) is 25.9. The number of carbonyl (C=O) groups is 2. The predicted octanol–water partition coefficient (Wildman–Crippen LogP) is 5.71. The number of esters is 2. The van der Waals surface area contributed by atoms with Gasteiger partial charge in [0.2, 0.25) is 0 Å². The molecule has 0 radical (unpaired) electrons. The molecule has 6 nitrogen and oxygen atoms in total. The molecule has 0 spiro atoms. The third kappa shape index (κ3) is 4.11. The summed E-state index contributed by atoms with van der Waals surface area (Å²) in [5.74, 6) is 0.0940. The van der Waals surface area contributed by atoms with Crippen LogP contribution in [0.5, 0.6) is 11.5 Å². The maximum atomic E-state index is 12.7. The fourth-order valence-electron chi connectivity index (χ4n) is 3.46. The Morgan fingerprint density at radius 1 is 0.594 bits per heavy atom. The molecule has 4 rings (SSSR count). The molecule has 0 fully saturated rings. The molecule has 6 heteroatoms. The van der Waals surface area contributed by atoms with Crippen molar-refractivity contribution in [1.29, 1.82) is 0 Å². The second-order valence-corrected chi connectivity index (χ2v) is 6.91. The Balaban J connectivity index is 1.82. The second kappa shape index (κ2) is 9.22. The maximum absolute atomic E-state index is 12.7. The number of hydrogen-bond donors (Lipinski definition) is 1. The summed E-state index contributed by atoms with van der Waals surface area (Å²) in [7, 11) is 2.56. The van der Waals surface area contributed by atoms with Crippen molar-refractivity contribution < 1.29 is 23.8 Å². The van der Waals surface area contributed by atoms with E-state index in [1.807, 2.05) is 72.8 Å². The normalized spacial score (nSPS) is 10.4. The minimum Gasteiger partial charge on any atom is -0.465 e. The van der Waals surface area contributed by atoms with Gasteiger partial charge in [0.05, 0.1) is 25.6 Å². The summed E-state index contributed by atoms with van der Waals surface area (Å²) in [5.41, 5.74) is 2.63. The monoisotopic (exact) mass is 427 g/mol. The Bertz CT molecular complexity index is 1230. The van der Waals surface area contributed by atoms with E-state index in [1.165, 1.54) is 14.2 Å². The van der Waals surface area contributed by atoms with Crippen LogP contribution in [0, 0.1) is 0 Å². The lowest BCUT2D eigenvalue weighted by atomic mass is 10.0. The van der Waals surface area contributed by atoms with Gasteiger partial charge in [0.15, 0.2) is 0 Å². The van der Waals surface area contributed by atoms with Crippen molar-refractivity contribution in [3.63, 3.8) is 0 Å². The van der Waals surface area contributed by atoms with E-state index in [-0.39, 0.29) is 11.1 Å². The van der Waals surface area contributed by atoms with Crippen molar-refractivity contribution in [1.82, 2.24) is 4.98 Å². The summed E-state index contributed by atoms with van der Waals surface area (Å²) in [6.45, 7) is 0. The van der Waals surface area contributed by atoms with Gasteiger partial charge < -0.3 is 19.2 Å². The molecular weight excluding hydrogens is 406 g/mol. The number of rotatable bonds is 6. The number of aromatic amines is 1. The average molecular weight is 427 g/mol. The minimum absolute atomic E-state index is 0.120. The molecule has 0 amide bonds. The summed E-state index contributed by atoms with van der Waals surface area (Å²) < 4.78 is 15.8. The summed E-state index contributed by atoms with van der Waals surface area (Å²) in [4.78, 5) is 28.6. The first-order valence-electron chi connectivity index (χ1n) is 9.93. The Hall–Kier alpha value is -4.32. The lowest BCUT2D eigenvalue weighted by Crippen LogP contribution is -2.11. The van der Waals surface area contributed by atoms with Crippen LogP contribution >= 0.6 is 0 Å². The smallest absolute Gasteiger partial charge is 0.340 e. The Kier molecular flexibility index (Phi) is 6.03. The van der Waals surface area contributed by atoms with E-state index in [0.29, 0.717) is 22.7 Å². The first-order valence-corrected chi connectivity index (χ1v) is 9.93. The van der Waals surface area contributed by atoms with Gasteiger partial charge in [-0.3, -0.25) is 0 Å². The first kappa shape index (κ1) is 20.9.